The van der Waals surface area contributed by atoms with Crippen molar-refractivity contribution in [3.8, 4) is 11.5 Å². The van der Waals surface area contributed by atoms with Crippen LogP contribution >= 0.6 is 0 Å². The van der Waals surface area contributed by atoms with E-state index in [0.29, 0.717) is 0 Å². The Balaban J connectivity index is 2.55. The van der Waals surface area contributed by atoms with E-state index in [0.717, 1.165) is 24.3 Å². The van der Waals surface area contributed by atoms with Crippen LogP contribution in [0.1, 0.15) is 13.8 Å². The van der Waals surface area contributed by atoms with Crippen LogP contribution in [0, 0.1) is 7.14 Å². The molecule has 0 aliphatic heterocycles. The summed E-state index contributed by atoms with van der Waals surface area (Å²) in [6.45, 7) is 3.18. The van der Waals surface area contributed by atoms with Gasteiger partial charge in [-0.05, 0) is 0 Å². The summed E-state index contributed by atoms with van der Waals surface area (Å²) in [6, 6.07) is 8.97. The molecule has 0 saturated carbocycles. The van der Waals surface area contributed by atoms with Gasteiger partial charge in [0.05, 0.1) is 0 Å². The molecule has 176 valence electrons. The Kier molecular flexibility index (Phi) is 8.19. The maximum absolute atomic E-state index is 16.2. The first-order valence-electron chi connectivity index (χ1n) is 8.77. The Bertz CT molecular complexity index is 914. The molecular formula is C19H23F3IO7S-. The van der Waals surface area contributed by atoms with Crippen molar-refractivity contribution >= 4 is 10.1 Å². The zero-order valence-corrected chi connectivity index (χ0v) is 20.1. The van der Waals surface area contributed by atoms with Gasteiger partial charge in [-0.15, -0.1) is 0 Å². The molecule has 0 heterocycles. The Labute approximate surface area is 183 Å². The molecule has 0 aliphatic carbocycles. The van der Waals surface area contributed by atoms with Gasteiger partial charge < -0.3 is 0 Å². The summed E-state index contributed by atoms with van der Waals surface area (Å²) in [6.07, 6.45) is -1.30. The molecule has 31 heavy (non-hydrogen) atoms. The molecule has 2 unspecified atom stereocenters. The molecule has 0 bridgehead atoms. The van der Waals surface area contributed by atoms with Gasteiger partial charge >= 0.3 is 184 Å². The number of hydrogen-bond donors (Lipinski definition) is 1. The van der Waals surface area contributed by atoms with Crippen molar-refractivity contribution in [1.29, 1.82) is 0 Å². The third-order valence-electron chi connectivity index (χ3n) is 4.09. The third kappa shape index (κ3) is 5.42. The SMILES string of the molecule is COC(C)Oc1ccc([I-](F)(c2ccc(OC(C)OC)cc2)C(F)(F)S(=O)(=O)O)cc1. The minimum atomic E-state index is -6.42. The second kappa shape index (κ2) is 9.90. The van der Waals surface area contributed by atoms with Crippen LogP contribution < -0.4 is 28.5 Å². The Morgan fingerprint density at radius 3 is 1.42 bits per heavy atom. The van der Waals surface area contributed by atoms with E-state index >= 15 is 2.86 Å². The Hall–Kier alpha value is -1.61. The van der Waals surface area contributed by atoms with Crippen molar-refractivity contribution in [2.75, 3.05) is 14.2 Å². The second-order valence-corrected chi connectivity index (χ2v) is 15.1. The first-order valence-corrected chi connectivity index (χ1v) is 14.3. The number of alkyl halides is 3. The maximum atomic E-state index is 16.2. The molecule has 0 aromatic heterocycles. The number of ether oxygens (including phenoxy) is 4. The molecule has 2 aromatic rings. The van der Waals surface area contributed by atoms with Crippen LogP contribution in [0.2, 0.25) is 0 Å². The molecule has 0 aliphatic rings. The van der Waals surface area contributed by atoms with Crippen LogP contribution in [0.3, 0.4) is 0 Å². The summed E-state index contributed by atoms with van der Waals surface area (Å²) < 4.78 is 92.5. The molecule has 2 rings (SSSR count). The molecule has 0 saturated heterocycles. The molecule has 2 aromatic carbocycles. The van der Waals surface area contributed by atoms with Crippen LogP contribution in [0.4, 0.5) is 11.6 Å². The van der Waals surface area contributed by atoms with Crippen LogP contribution in [0.15, 0.2) is 48.5 Å². The van der Waals surface area contributed by atoms with Crippen LogP contribution in [0.5, 0.6) is 11.5 Å². The van der Waals surface area contributed by atoms with Gasteiger partial charge in [0.1, 0.15) is 0 Å². The fraction of sp³-hybridized carbons (Fsp3) is 0.368. The fourth-order valence-electron chi connectivity index (χ4n) is 2.37. The average molecular weight is 579 g/mol. The molecule has 2 atom stereocenters. The minimum absolute atomic E-state index is 0.203. The van der Waals surface area contributed by atoms with E-state index in [-0.39, 0.29) is 11.5 Å². The first kappa shape index (κ1) is 25.6. The summed E-state index contributed by atoms with van der Waals surface area (Å²) in [7, 11) is -3.26. The van der Waals surface area contributed by atoms with Crippen molar-refractivity contribution < 1.29 is 62.6 Å². The molecule has 1 N–H and O–H groups in total. The molecule has 12 heteroatoms. The topological polar surface area (TPSA) is 91.3 Å². The van der Waals surface area contributed by atoms with Gasteiger partial charge in [0.25, 0.3) is 0 Å². The van der Waals surface area contributed by atoms with Crippen molar-refractivity contribution in [2.45, 2.75) is 29.7 Å². The van der Waals surface area contributed by atoms with Gasteiger partial charge in [0.2, 0.25) is 0 Å². The van der Waals surface area contributed by atoms with Crippen molar-refractivity contribution in [3.63, 3.8) is 0 Å². The van der Waals surface area contributed by atoms with E-state index in [2.05, 4.69) is 0 Å². The van der Waals surface area contributed by atoms with E-state index in [4.69, 9.17) is 23.5 Å². The van der Waals surface area contributed by atoms with E-state index in [1.165, 1.54) is 38.5 Å². The molecule has 0 fully saturated rings. The van der Waals surface area contributed by atoms with Gasteiger partial charge in [0.15, 0.2) is 0 Å². The third-order valence-corrected chi connectivity index (χ3v) is 14.4. The first-order chi connectivity index (χ1) is 14.4. The van der Waals surface area contributed by atoms with Gasteiger partial charge in [-0.3, -0.25) is 0 Å². The molecule has 7 nitrogen and oxygen atoms in total. The summed E-state index contributed by atoms with van der Waals surface area (Å²) in [5.41, 5.74) is 0. The van der Waals surface area contributed by atoms with Crippen molar-refractivity contribution in [2.24, 2.45) is 0 Å². The fourth-order valence-corrected chi connectivity index (χ4v) is 11.0. The molecular weight excluding hydrogens is 556 g/mol. The van der Waals surface area contributed by atoms with Crippen LogP contribution in [-0.4, -0.2) is 43.0 Å². The Morgan fingerprint density at radius 2 is 1.16 bits per heavy atom. The summed E-state index contributed by atoms with van der Waals surface area (Å²) in [4.78, 5) is 0. The Morgan fingerprint density at radius 1 is 0.839 bits per heavy atom. The molecule has 0 spiro atoms. The summed E-state index contributed by atoms with van der Waals surface area (Å²) in [5, 5.41) is 0. The van der Waals surface area contributed by atoms with Gasteiger partial charge in [-0.25, -0.2) is 0 Å². The van der Waals surface area contributed by atoms with E-state index in [9.17, 15) is 17.2 Å². The van der Waals surface area contributed by atoms with Gasteiger partial charge in [0, 0.05) is 0 Å². The summed E-state index contributed by atoms with van der Waals surface area (Å²) in [5.74, 6) is 0.406. The van der Waals surface area contributed by atoms with E-state index in [1.807, 2.05) is 0 Å². The van der Waals surface area contributed by atoms with Gasteiger partial charge in [-0.1, -0.05) is 0 Å². The average Bonchev–Trinajstić information content (AvgIpc) is 2.73. The van der Waals surface area contributed by atoms with Crippen LogP contribution in [0.25, 0.3) is 0 Å². The monoisotopic (exact) mass is 579 g/mol. The molecule has 0 radical (unpaired) electrons. The second-order valence-electron chi connectivity index (χ2n) is 6.17. The van der Waals surface area contributed by atoms with Crippen molar-refractivity contribution in [1.82, 2.24) is 0 Å². The van der Waals surface area contributed by atoms with Gasteiger partial charge in [-0.2, -0.15) is 0 Å². The standard InChI is InChI=1S/C19H23F3IO7S/c1-13(27-3)29-17-9-5-15(6-10-17)23(22,19(20,21)31(24,25)26)16-7-11-18(12-8-16)30-14(2)28-4/h5-14H,1-4H3,(H,24,25,26)/q-1. The quantitative estimate of drug-likeness (QED) is 0.194. The number of halogens is 4. The zero-order valence-electron chi connectivity index (χ0n) is 17.1. The number of benzene rings is 2. The van der Waals surface area contributed by atoms with Crippen LogP contribution in [-0.2, 0) is 19.6 Å². The summed E-state index contributed by atoms with van der Waals surface area (Å²) >= 11 is -6.42. The van der Waals surface area contributed by atoms with E-state index in [1.54, 1.807) is 13.8 Å². The number of hydrogen-bond acceptors (Lipinski definition) is 6. The zero-order chi connectivity index (χ0) is 23.4. The normalized spacial score (nSPS) is 17.3. The predicted octanol–water partition coefficient (Wildman–Crippen LogP) is 0.951. The number of methoxy groups -OCH3 is 2. The predicted molar refractivity (Wildman–Crippen MR) is 102 cm³/mol. The van der Waals surface area contributed by atoms with E-state index < -0.39 is 52.1 Å². The van der Waals surface area contributed by atoms with Crippen molar-refractivity contribution in [3.05, 3.63) is 55.7 Å². The number of rotatable bonds is 10. The molecule has 0 amide bonds.